The van der Waals surface area contributed by atoms with Gasteiger partial charge in [0.2, 0.25) is 0 Å². The van der Waals surface area contributed by atoms with E-state index in [1.165, 1.54) is 6.33 Å². The second kappa shape index (κ2) is 4.38. The molecule has 0 saturated heterocycles. The Morgan fingerprint density at radius 3 is 2.69 bits per heavy atom. The quantitative estimate of drug-likeness (QED) is 0.404. The Morgan fingerprint density at radius 1 is 1.31 bits per heavy atom. The van der Waals surface area contributed by atoms with E-state index in [9.17, 15) is 9.59 Å². The first-order valence-electron chi connectivity index (χ1n) is 2.87. The SMILES string of the molecule is O.O=c1[nH]c(=O)c2[n-]cnc2[nH]1.[Na+]. The minimum absolute atomic E-state index is 0. The van der Waals surface area contributed by atoms with Crippen LogP contribution in [0.5, 0.6) is 0 Å². The molecule has 2 aromatic heterocycles. The Morgan fingerprint density at radius 2 is 2.00 bits per heavy atom. The van der Waals surface area contributed by atoms with Gasteiger partial charge in [0, 0.05) is 11.2 Å². The number of nitrogens with one attached hydrogen (secondary N) is 2. The van der Waals surface area contributed by atoms with Gasteiger partial charge in [0.25, 0.3) is 5.56 Å². The van der Waals surface area contributed by atoms with E-state index >= 15 is 0 Å². The van der Waals surface area contributed by atoms with Crippen LogP contribution in [-0.4, -0.2) is 20.4 Å². The summed E-state index contributed by atoms with van der Waals surface area (Å²) in [5, 5.41) is 0. The van der Waals surface area contributed by atoms with Gasteiger partial charge in [0.05, 0.1) is 0 Å². The molecule has 0 saturated carbocycles. The second-order valence-corrected chi connectivity index (χ2v) is 1.98. The number of H-pyrrole nitrogens is 2. The summed E-state index contributed by atoms with van der Waals surface area (Å²) in [5.74, 6) is 0. The molecule has 0 radical (unpaired) electrons. The molecule has 0 unspecified atom stereocenters. The minimum Gasteiger partial charge on any atom is -0.437 e. The summed E-state index contributed by atoms with van der Waals surface area (Å²) in [6.45, 7) is 0. The summed E-state index contributed by atoms with van der Waals surface area (Å²) < 4.78 is 0. The Hall–Kier alpha value is -0.890. The van der Waals surface area contributed by atoms with Crippen LogP contribution in [0.15, 0.2) is 15.9 Å². The van der Waals surface area contributed by atoms with Gasteiger partial charge in [-0.05, 0) is 0 Å². The van der Waals surface area contributed by atoms with Gasteiger partial charge >= 0.3 is 35.2 Å². The molecule has 2 aromatic rings. The van der Waals surface area contributed by atoms with Gasteiger partial charge in [-0.1, -0.05) is 6.33 Å². The van der Waals surface area contributed by atoms with E-state index in [1.54, 1.807) is 0 Å². The molecule has 0 spiro atoms. The minimum atomic E-state index is -0.567. The zero-order valence-corrected chi connectivity index (χ0v) is 8.79. The van der Waals surface area contributed by atoms with Crippen LogP contribution >= 0.6 is 0 Å². The summed E-state index contributed by atoms with van der Waals surface area (Å²) in [7, 11) is 0. The molecule has 0 aromatic carbocycles. The average molecular weight is 192 g/mol. The molecule has 0 fully saturated rings. The van der Waals surface area contributed by atoms with Crippen molar-refractivity contribution in [3.63, 3.8) is 0 Å². The van der Waals surface area contributed by atoms with E-state index in [4.69, 9.17) is 0 Å². The van der Waals surface area contributed by atoms with Crippen molar-refractivity contribution in [2.24, 2.45) is 0 Å². The van der Waals surface area contributed by atoms with Gasteiger partial charge in [-0.25, -0.2) is 4.79 Å². The first kappa shape index (κ1) is 12.1. The van der Waals surface area contributed by atoms with Crippen molar-refractivity contribution in [3.05, 3.63) is 27.2 Å². The summed E-state index contributed by atoms with van der Waals surface area (Å²) in [4.78, 5) is 33.1. The fraction of sp³-hybridized carbons (Fsp3) is 0. The first-order valence-corrected chi connectivity index (χ1v) is 2.87. The van der Waals surface area contributed by atoms with Crippen molar-refractivity contribution in [1.29, 1.82) is 0 Å². The number of aromatic amines is 2. The summed E-state index contributed by atoms with van der Waals surface area (Å²) in [6.07, 6.45) is 1.22. The van der Waals surface area contributed by atoms with Crippen LogP contribution in [0.4, 0.5) is 0 Å². The van der Waals surface area contributed by atoms with Gasteiger partial charge in [-0.3, -0.25) is 9.78 Å². The monoisotopic (exact) mass is 192 g/mol. The first-order chi connectivity index (χ1) is 5.27. The summed E-state index contributed by atoms with van der Waals surface area (Å²) >= 11 is 0. The van der Waals surface area contributed by atoms with Gasteiger partial charge in [0.1, 0.15) is 0 Å². The summed E-state index contributed by atoms with van der Waals surface area (Å²) in [5.41, 5.74) is -0.701. The molecule has 0 atom stereocenters. The molecule has 2 heterocycles. The van der Waals surface area contributed by atoms with Crippen LogP contribution in [0.1, 0.15) is 0 Å². The molecular weight excluding hydrogens is 187 g/mol. The third-order valence-corrected chi connectivity index (χ3v) is 1.27. The fourth-order valence-corrected chi connectivity index (χ4v) is 0.825. The van der Waals surface area contributed by atoms with E-state index in [2.05, 4.69) is 15.0 Å². The largest absolute Gasteiger partial charge is 1.00 e. The van der Waals surface area contributed by atoms with Crippen molar-refractivity contribution in [2.75, 3.05) is 0 Å². The number of rotatable bonds is 0. The van der Waals surface area contributed by atoms with Gasteiger partial charge in [-0.2, -0.15) is 0 Å². The maximum Gasteiger partial charge on any atom is 1.00 e. The molecule has 2 rings (SSSR count). The standard InChI is InChI=1S/C5H4N4O2.Na.H2O/c10-4-2-3(7-1-6-2)8-5(11)9-4;;/h1H,(H3,6,7,8,9,10,11);;1H2/q;+1;/p-1. The Balaban J connectivity index is 0.000000720. The van der Waals surface area contributed by atoms with E-state index < -0.39 is 11.2 Å². The van der Waals surface area contributed by atoms with Crippen LogP contribution < -0.4 is 45.8 Å². The molecule has 0 aliphatic carbocycles. The van der Waals surface area contributed by atoms with Crippen molar-refractivity contribution < 1.29 is 35.0 Å². The number of imidazole rings is 1. The maximum atomic E-state index is 10.9. The molecule has 0 bridgehead atoms. The van der Waals surface area contributed by atoms with Gasteiger partial charge in [-0.15, -0.1) is 0 Å². The van der Waals surface area contributed by atoms with E-state index in [-0.39, 0.29) is 46.2 Å². The summed E-state index contributed by atoms with van der Waals surface area (Å²) in [6, 6.07) is 0. The number of aromatic nitrogens is 4. The molecule has 0 aliphatic heterocycles. The predicted molar refractivity (Wildman–Crippen MR) is 39.9 cm³/mol. The number of fused-ring (bicyclic) bond motifs is 1. The van der Waals surface area contributed by atoms with Crippen molar-refractivity contribution in [3.8, 4) is 0 Å². The molecular formula is C5H5N4NaO3. The molecule has 64 valence electrons. The normalized spacial score (nSPS) is 8.92. The van der Waals surface area contributed by atoms with Crippen LogP contribution in [0.3, 0.4) is 0 Å². The van der Waals surface area contributed by atoms with E-state index in [1.807, 2.05) is 4.98 Å². The molecule has 0 amide bonds. The Kier molecular flexibility index (Phi) is 4.08. The van der Waals surface area contributed by atoms with E-state index in [0.717, 1.165) is 0 Å². The zero-order valence-electron chi connectivity index (χ0n) is 6.79. The number of hydrogen-bond donors (Lipinski definition) is 2. The molecule has 0 aliphatic rings. The average Bonchev–Trinajstić information content (AvgIpc) is 2.34. The molecule has 4 N–H and O–H groups in total. The molecule has 7 nitrogen and oxygen atoms in total. The number of hydrogen-bond acceptors (Lipinski definition) is 3. The Labute approximate surface area is 93.2 Å². The molecule has 8 heteroatoms. The van der Waals surface area contributed by atoms with Crippen LogP contribution in [0, 0.1) is 0 Å². The molecule has 13 heavy (non-hydrogen) atoms. The second-order valence-electron chi connectivity index (χ2n) is 1.98. The van der Waals surface area contributed by atoms with Crippen LogP contribution in [0.2, 0.25) is 0 Å². The predicted octanol–water partition coefficient (Wildman–Crippen LogP) is -5.25. The topological polar surface area (TPSA) is 124 Å². The zero-order chi connectivity index (χ0) is 7.84. The van der Waals surface area contributed by atoms with Gasteiger partial charge < -0.3 is 20.4 Å². The van der Waals surface area contributed by atoms with Crippen LogP contribution in [0.25, 0.3) is 11.2 Å². The maximum absolute atomic E-state index is 10.9. The van der Waals surface area contributed by atoms with Crippen molar-refractivity contribution in [1.82, 2.24) is 19.9 Å². The number of nitrogens with zero attached hydrogens (tertiary/aromatic N) is 2. The van der Waals surface area contributed by atoms with Gasteiger partial charge in [0.15, 0.2) is 0 Å². The van der Waals surface area contributed by atoms with Crippen molar-refractivity contribution in [2.45, 2.75) is 0 Å². The fourth-order valence-electron chi connectivity index (χ4n) is 0.825. The smallest absolute Gasteiger partial charge is 0.437 e. The Bertz CT molecular complexity index is 498. The van der Waals surface area contributed by atoms with Crippen molar-refractivity contribution >= 4 is 11.2 Å². The third-order valence-electron chi connectivity index (χ3n) is 1.27. The van der Waals surface area contributed by atoms with Crippen LogP contribution in [-0.2, 0) is 0 Å². The third kappa shape index (κ3) is 2.07. The van der Waals surface area contributed by atoms with E-state index in [0.29, 0.717) is 0 Å².